The van der Waals surface area contributed by atoms with Crippen molar-refractivity contribution in [1.82, 2.24) is 4.57 Å². The lowest BCUT2D eigenvalue weighted by atomic mass is 9.91. The van der Waals surface area contributed by atoms with Gasteiger partial charge in [0.25, 0.3) is 0 Å². The van der Waals surface area contributed by atoms with E-state index in [0.29, 0.717) is 10.5 Å². The molecule has 0 amide bonds. The van der Waals surface area contributed by atoms with Gasteiger partial charge in [-0.25, -0.2) is 0 Å². The normalized spacial score (nSPS) is 16.6. The van der Waals surface area contributed by atoms with Gasteiger partial charge in [-0.1, -0.05) is 48.6 Å². The van der Waals surface area contributed by atoms with Gasteiger partial charge in [0, 0.05) is 11.6 Å². The lowest BCUT2D eigenvalue weighted by Gasteiger charge is -2.13. The molecule has 23 heavy (non-hydrogen) atoms. The zero-order chi connectivity index (χ0) is 16.6. The fraction of sp³-hybridized carbons (Fsp3) is 0.222. The number of aromatic hydroxyl groups is 1. The number of fused-ring (bicyclic) bond motifs is 1. The second-order valence-electron chi connectivity index (χ2n) is 5.53. The smallest absolute Gasteiger partial charge is 0.310 e. The molecule has 2 aromatic rings. The molecular formula is C18H17NO3S. The van der Waals surface area contributed by atoms with E-state index in [1.54, 1.807) is 12.2 Å². The van der Waals surface area contributed by atoms with Crippen LogP contribution in [0.4, 0.5) is 0 Å². The van der Waals surface area contributed by atoms with Gasteiger partial charge in [0.2, 0.25) is 5.88 Å². The van der Waals surface area contributed by atoms with E-state index in [-0.39, 0.29) is 22.6 Å². The van der Waals surface area contributed by atoms with Gasteiger partial charge in [0.05, 0.1) is 4.88 Å². The number of thiazole rings is 1. The van der Waals surface area contributed by atoms with Crippen LogP contribution in [-0.2, 0) is 4.79 Å². The standard InChI is InChI=1S/C18H17NO3S/c1-3-11(2)19-17(21)16(23-18(19)22)10-14-13-7-5-4-6-12(13)8-9-15(14)20/h4-11,21H,3H2,1-2H3/t11-/m0/s1. The third-order valence-electron chi connectivity index (χ3n) is 4.08. The van der Waals surface area contributed by atoms with Crippen molar-refractivity contribution in [3.05, 3.63) is 56.0 Å². The van der Waals surface area contributed by atoms with Gasteiger partial charge in [-0.15, -0.1) is 0 Å². The van der Waals surface area contributed by atoms with E-state index in [4.69, 9.17) is 0 Å². The minimum absolute atomic E-state index is 0.0679. The molecule has 0 spiro atoms. The average molecular weight is 327 g/mol. The minimum Gasteiger partial charge on any atom is -0.493 e. The number of hydrogen-bond donors (Lipinski definition) is 1. The predicted octanol–water partition coefficient (Wildman–Crippen LogP) is 3.72. The van der Waals surface area contributed by atoms with Gasteiger partial charge in [0.1, 0.15) is 0 Å². The Morgan fingerprint density at radius 1 is 1.26 bits per heavy atom. The Morgan fingerprint density at radius 3 is 2.74 bits per heavy atom. The van der Waals surface area contributed by atoms with Crippen molar-refractivity contribution in [3.63, 3.8) is 0 Å². The van der Waals surface area contributed by atoms with E-state index in [1.165, 1.54) is 10.6 Å². The van der Waals surface area contributed by atoms with Crippen LogP contribution < -0.4 is 4.87 Å². The van der Waals surface area contributed by atoms with Crippen molar-refractivity contribution >= 4 is 34.8 Å². The van der Waals surface area contributed by atoms with Gasteiger partial charge in [-0.2, -0.15) is 0 Å². The monoisotopic (exact) mass is 327 g/mol. The van der Waals surface area contributed by atoms with Gasteiger partial charge in [-0.05, 0) is 36.6 Å². The first kappa shape index (κ1) is 15.5. The Morgan fingerprint density at radius 2 is 2.00 bits per heavy atom. The number of benzene rings is 1. The van der Waals surface area contributed by atoms with Crippen LogP contribution in [0, 0.1) is 0 Å². The third kappa shape index (κ3) is 2.68. The van der Waals surface area contributed by atoms with E-state index in [1.807, 2.05) is 38.1 Å². The number of rotatable bonds is 3. The van der Waals surface area contributed by atoms with Crippen molar-refractivity contribution in [1.29, 1.82) is 0 Å². The fourth-order valence-corrected chi connectivity index (χ4v) is 3.53. The molecule has 1 aliphatic carbocycles. The fourth-order valence-electron chi connectivity index (χ4n) is 2.61. The topological polar surface area (TPSA) is 59.3 Å². The summed E-state index contributed by atoms with van der Waals surface area (Å²) in [5, 5.41) is 10.4. The van der Waals surface area contributed by atoms with Crippen LogP contribution in [0.3, 0.4) is 0 Å². The molecule has 5 heteroatoms. The molecule has 0 saturated heterocycles. The van der Waals surface area contributed by atoms with Crippen molar-refractivity contribution < 1.29 is 9.90 Å². The predicted molar refractivity (Wildman–Crippen MR) is 93.6 cm³/mol. The van der Waals surface area contributed by atoms with Gasteiger partial charge in [0.15, 0.2) is 5.78 Å². The number of hydrogen-bond acceptors (Lipinski definition) is 4. The summed E-state index contributed by atoms with van der Waals surface area (Å²) in [6.45, 7) is 3.84. The maximum absolute atomic E-state index is 12.2. The van der Waals surface area contributed by atoms with E-state index in [0.717, 1.165) is 28.9 Å². The van der Waals surface area contributed by atoms with Gasteiger partial charge >= 0.3 is 4.87 Å². The number of allylic oxidation sites excluding steroid dienone is 2. The van der Waals surface area contributed by atoms with E-state index in [9.17, 15) is 14.7 Å². The molecule has 1 heterocycles. The maximum Gasteiger partial charge on any atom is 0.310 e. The number of nitrogens with zero attached hydrogens (tertiary/aromatic N) is 1. The largest absolute Gasteiger partial charge is 0.493 e. The first-order chi connectivity index (χ1) is 11.0. The number of aromatic nitrogens is 1. The van der Waals surface area contributed by atoms with Gasteiger partial charge in [-0.3, -0.25) is 14.2 Å². The highest BCUT2D eigenvalue weighted by molar-refractivity contribution is 7.10. The molecule has 0 bridgehead atoms. The summed E-state index contributed by atoms with van der Waals surface area (Å²) >= 11 is 0.960. The van der Waals surface area contributed by atoms with Crippen LogP contribution in [0.2, 0.25) is 0 Å². The molecule has 0 aliphatic heterocycles. The third-order valence-corrected chi connectivity index (χ3v) is 4.97. The summed E-state index contributed by atoms with van der Waals surface area (Å²) in [6.07, 6.45) is 5.65. The second kappa shape index (κ2) is 6.01. The van der Waals surface area contributed by atoms with E-state index < -0.39 is 0 Å². The molecule has 1 aliphatic rings. The number of ketones is 1. The van der Waals surface area contributed by atoms with Crippen LogP contribution in [0.25, 0.3) is 17.7 Å². The summed E-state index contributed by atoms with van der Waals surface area (Å²) < 4.78 is 1.38. The Labute approximate surface area is 138 Å². The van der Waals surface area contributed by atoms with Crippen molar-refractivity contribution in [2.24, 2.45) is 0 Å². The van der Waals surface area contributed by atoms with Gasteiger partial charge < -0.3 is 5.11 Å². The van der Waals surface area contributed by atoms with Crippen LogP contribution >= 0.6 is 11.3 Å². The second-order valence-corrected chi connectivity index (χ2v) is 6.52. The highest BCUT2D eigenvalue weighted by Gasteiger charge is 2.21. The molecule has 4 nitrogen and oxygen atoms in total. The molecule has 0 fully saturated rings. The Balaban J connectivity index is 2.14. The molecule has 1 aromatic heterocycles. The first-order valence-corrected chi connectivity index (χ1v) is 8.32. The Bertz CT molecular complexity index is 886. The van der Waals surface area contributed by atoms with Crippen molar-refractivity contribution in [2.75, 3.05) is 0 Å². The number of carbonyl (C=O) groups excluding carboxylic acids is 1. The average Bonchev–Trinajstić information content (AvgIpc) is 2.83. The van der Waals surface area contributed by atoms with Crippen molar-refractivity contribution in [3.8, 4) is 5.88 Å². The molecule has 1 atom stereocenters. The molecular weight excluding hydrogens is 310 g/mol. The zero-order valence-corrected chi connectivity index (χ0v) is 13.8. The van der Waals surface area contributed by atoms with Crippen LogP contribution in [0.15, 0.2) is 35.1 Å². The molecule has 3 rings (SSSR count). The zero-order valence-electron chi connectivity index (χ0n) is 12.9. The highest BCUT2D eigenvalue weighted by Crippen LogP contribution is 2.32. The summed E-state index contributed by atoms with van der Waals surface area (Å²) in [6, 6.07) is 7.49. The lowest BCUT2D eigenvalue weighted by Crippen LogP contribution is -2.16. The van der Waals surface area contributed by atoms with Crippen LogP contribution in [0.1, 0.15) is 42.3 Å². The summed E-state index contributed by atoms with van der Waals surface area (Å²) in [7, 11) is 0. The Kier molecular flexibility index (Phi) is 4.05. The molecule has 1 aromatic carbocycles. The lowest BCUT2D eigenvalue weighted by molar-refractivity contribution is -0.109. The molecule has 118 valence electrons. The van der Waals surface area contributed by atoms with Crippen LogP contribution in [-0.4, -0.2) is 15.5 Å². The Hall–Kier alpha value is -2.40. The maximum atomic E-state index is 12.2. The molecule has 0 saturated carbocycles. The highest BCUT2D eigenvalue weighted by atomic mass is 32.1. The van der Waals surface area contributed by atoms with Crippen molar-refractivity contribution in [2.45, 2.75) is 26.3 Å². The van der Waals surface area contributed by atoms with E-state index in [2.05, 4.69) is 0 Å². The van der Waals surface area contributed by atoms with Crippen LogP contribution in [0.5, 0.6) is 5.88 Å². The number of carbonyl (C=O) groups is 1. The summed E-state index contributed by atoms with van der Waals surface area (Å²) in [5.41, 5.74) is 2.26. The molecule has 0 radical (unpaired) electrons. The molecule has 0 unspecified atom stereocenters. The summed E-state index contributed by atoms with van der Waals surface area (Å²) in [5.74, 6) is -0.194. The summed E-state index contributed by atoms with van der Waals surface area (Å²) in [4.78, 5) is 24.6. The molecule has 1 N–H and O–H groups in total. The first-order valence-electron chi connectivity index (χ1n) is 7.50. The quantitative estimate of drug-likeness (QED) is 0.874. The minimum atomic E-state index is -0.212. The SMILES string of the molecule is CC[C@H](C)n1c(O)c(C=C2C(=O)C=Cc3ccccc32)sc1=O. The van der Waals surface area contributed by atoms with E-state index >= 15 is 0 Å².